The Kier molecular flexibility index (Phi) is 6.22. The number of nitrogens with zero attached hydrogens (tertiary/aromatic N) is 1. The second-order valence-electron chi connectivity index (χ2n) is 7.78. The van der Waals surface area contributed by atoms with E-state index in [0.717, 1.165) is 51.5 Å². The maximum Gasteiger partial charge on any atom is 0.191 e. The Bertz CT molecular complexity index is 436. The highest BCUT2D eigenvalue weighted by Crippen LogP contribution is 2.52. The van der Waals surface area contributed by atoms with Gasteiger partial charge in [-0.2, -0.15) is 0 Å². The molecule has 0 aromatic rings. The Morgan fingerprint density at radius 3 is 2.70 bits per heavy atom. The maximum atomic E-state index is 5.88. The molecule has 0 bridgehead atoms. The van der Waals surface area contributed by atoms with Crippen LogP contribution < -0.4 is 10.6 Å². The van der Waals surface area contributed by atoms with Crippen LogP contribution >= 0.6 is 24.0 Å². The van der Waals surface area contributed by atoms with E-state index in [2.05, 4.69) is 38.3 Å². The lowest BCUT2D eigenvalue weighted by atomic mass is 9.57. The van der Waals surface area contributed by atoms with Crippen molar-refractivity contribution >= 4 is 29.9 Å². The van der Waals surface area contributed by atoms with Crippen LogP contribution in [0.2, 0.25) is 0 Å². The largest absolute Gasteiger partial charge is 0.377 e. The zero-order valence-corrected chi connectivity index (χ0v) is 17.2. The molecule has 6 heteroatoms. The summed E-state index contributed by atoms with van der Waals surface area (Å²) >= 11 is 0. The van der Waals surface area contributed by atoms with Crippen LogP contribution in [0.5, 0.6) is 0 Å². The molecular weight excluding hydrogens is 405 g/mol. The fourth-order valence-electron chi connectivity index (χ4n) is 4.29. The Hall–Kier alpha value is -0.0800. The predicted octanol–water partition coefficient (Wildman–Crippen LogP) is 2.54. The van der Waals surface area contributed by atoms with Crippen molar-refractivity contribution in [3.63, 3.8) is 0 Å². The van der Waals surface area contributed by atoms with Crippen molar-refractivity contribution in [3.05, 3.63) is 0 Å². The molecule has 0 aromatic heterocycles. The molecule has 0 spiro atoms. The lowest BCUT2D eigenvalue weighted by Gasteiger charge is -2.55. The summed E-state index contributed by atoms with van der Waals surface area (Å²) in [5.74, 6) is 1.54. The molecule has 3 fully saturated rings. The van der Waals surface area contributed by atoms with Crippen molar-refractivity contribution in [1.29, 1.82) is 0 Å². The number of halogens is 1. The van der Waals surface area contributed by atoms with Gasteiger partial charge in [-0.3, -0.25) is 4.99 Å². The average molecular weight is 437 g/mol. The molecule has 3 rings (SSSR count). The van der Waals surface area contributed by atoms with Gasteiger partial charge in [0, 0.05) is 37.1 Å². The Morgan fingerprint density at radius 1 is 1.26 bits per heavy atom. The average Bonchev–Trinajstić information content (AvgIpc) is 3.10. The van der Waals surface area contributed by atoms with E-state index in [1.807, 2.05) is 0 Å². The second kappa shape index (κ2) is 7.44. The summed E-state index contributed by atoms with van der Waals surface area (Å²) in [4.78, 5) is 4.80. The minimum atomic E-state index is -0.0868. The smallest absolute Gasteiger partial charge is 0.191 e. The van der Waals surface area contributed by atoms with E-state index < -0.39 is 0 Å². The molecule has 0 aromatic carbocycles. The second-order valence-corrected chi connectivity index (χ2v) is 7.78. The molecule has 2 saturated heterocycles. The molecule has 134 valence electrons. The van der Waals surface area contributed by atoms with Gasteiger partial charge in [-0.1, -0.05) is 13.8 Å². The fraction of sp³-hybridized carbons (Fsp3) is 0.941. The van der Waals surface area contributed by atoms with Crippen LogP contribution in [0.1, 0.15) is 47.0 Å². The van der Waals surface area contributed by atoms with E-state index in [-0.39, 0.29) is 35.0 Å². The van der Waals surface area contributed by atoms with Gasteiger partial charge in [-0.05, 0) is 33.1 Å². The van der Waals surface area contributed by atoms with Gasteiger partial charge >= 0.3 is 0 Å². The lowest BCUT2D eigenvalue weighted by molar-refractivity contribution is -0.106. The highest BCUT2D eigenvalue weighted by Gasteiger charge is 2.59. The summed E-state index contributed by atoms with van der Waals surface area (Å²) in [6.45, 7) is 12.2. The van der Waals surface area contributed by atoms with E-state index in [4.69, 9.17) is 14.5 Å². The summed E-state index contributed by atoms with van der Waals surface area (Å²) in [7, 11) is 0. The molecular formula is C17H32IN3O2. The first kappa shape index (κ1) is 19.2. The number of nitrogens with one attached hydrogen (secondary N) is 2. The monoisotopic (exact) mass is 437 g/mol. The number of ether oxygens (including phenoxy) is 2. The molecule has 2 N–H and O–H groups in total. The van der Waals surface area contributed by atoms with Crippen molar-refractivity contribution in [2.75, 3.05) is 26.3 Å². The molecule has 5 nitrogen and oxygen atoms in total. The summed E-state index contributed by atoms with van der Waals surface area (Å²) in [5.41, 5.74) is 0.0849. The number of aliphatic imine (C=N–C) groups is 1. The number of guanidine groups is 1. The topological polar surface area (TPSA) is 54.9 Å². The lowest BCUT2D eigenvalue weighted by Crippen LogP contribution is -2.68. The summed E-state index contributed by atoms with van der Waals surface area (Å²) in [6, 6.07) is 0.440. The molecule has 4 unspecified atom stereocenters. The molecule has 2 aliphatic heterocycles. The molecule has 4 atom stereocenters. The van der Waals surface area contributed by atoms with Crippen LogP contribution in [-0.4, -0.2) is 50.0 Å². The van der Waals surface area contributed by atoms with Gasteiger partial charge in [-0.25, -0.2) is 0 Å². The number of hydrogen-bond donors (Lipinski definition) is 2. The van der Waals surface area contributed by atoms with Crippen molar-refractivity contribution < 1.29 is 9.47 Å². The summed E-state index contributed by atoms with van der Waals surface area (Å²) in [5, 5.41) is 7.04. The van der Waals surface area contributed by atoms with Gasteiger partial charge < -0.3 is 20.1 Å². The fourth-order valence-corrected chi connectivity index (χ4v) is 4.29. The van der Waals surface area contributed by atoms with Crippen LogP contribution in [0.25, 0.3) is 0 Å². The van der Waals surface area contributed by atoms with Crippen molar-refractivity contribution in [2.45, 2.75) is 64.7 Å². The first-order chi connectivity index (χ1) is 10.5. The van der Waals surface area contributed by atoms with Gasteiger partial charge in [-0.15, -0.1) is 24.0 Å². The van der Waals surface area contributed by atoms with Gasteiger partial charge in [0.2, 0.25) is 0 Å². The van der Waals surface area contributed by atoms with Crippen molar-refractivity contribution in [3.8, 4) is 0 Å². The molecule has 23 heavy (non-hydrogen) atoms. The van der Waals surface area contributed by atoms with E-state index in [1.165, 1.54) is 0 Å². The number of hydrogen-bond acceptors (Lipinski definition) is 3. The Morgan fingerprint density at radius 2 is 2.04 bits per heavy atom. The molecule has 2 heterocycles. The third-order valence-electron chi connectivity index (χ3n) is 5.61. The molecule has 0 radical (unpaired) electrons. The molecule has 1 aliphatic carbocycles. The van der Waals surface area contributed by atoms with Crippen molar-refractivity contribution in [1.82, 2.24) is 10.6 Å². The highest BCUT2D eigenvalue weighted by atomic mass is 127. The van der Waals surface area contributed by atoms with Gasteiger partial charge in [0.05, 0.1) is 18.2 Å². The van der Waals surface area contributed by atoms with E-state index in [9.17, 15) is 0 Å². The van der Waals surface area contributed by atoms with Crippen LogP contribution in [0.4, 0.5) is 0 Å². The van der Waals surface area contributed by atoms with Crippen molar-refractivity contribution in [2.24, 2.45) is 16.3 Å². The maximum absolute atomic E-state index is 5.88. The quantitative estimate of drug-likeness (QED) is 0.403. The van der Waals surface area contributed by atoms with E-state index in [0.29, 0.717) is 18.1 Å². The standard InChI is InChI=1S/C17H31N3O2.HI/c1-5-18-15(19-11-17(4)8-6-9-22-17)20-13-12-7-10-21-14(12)16(13,2)3;/h12-14H,5-11H2,1-4H3,(H2,18,19,20);1H. The zero-order chi connectivity index (χ0) is 15.8. The van der Waals surface area contributed by atoms with E-state index >= 15 is 0 Å². The first-order valence-electron chi connectivity index (χ1n) is 8.77. The third-order valence-corrected chi connectivity index (χ3v) is 5.61. The number of fused-ring (bicyclic) bond motifs is 1. The van der Waals surface area contributed by atoms with Gasteiger partial charge in [0.25, 0.3) is 0 Å². The normalized spacial score (nSPS) is 38.4. The van der Waals surface area contributed by atoms with Crippen LogP contribution in [0.15, 0.2) is 4.99 Å². The third kappa shape index (κ3) is 3.79. The van der Waals surface area contributed by atoms with E-state index in [1.54, 1.807) is 0 Å². The van der Waals surface area contributed by atoms with Gasteiger partial charge in [0.15, 0.2) is 5.96 Å². The highest BCUT2D eigenvalue weighted by molar-refractivity contribution is 14.0. The zero-order valence-electron chi connectivity index (χ0n) is 14.9. The molecule has 1 saturated carbocycles. The minimum absolute atomic E-state index is 0. The SMILES string of the molecule is CCNC(=NCC1(C)CCCO1)NC1C2CCOC2C1(C)C.I. The first-order valence-corrected chi connectivity index (χ1v) is 8.77. The minimum Gasteiger partial charge on any atom is -0.377 e. The van der Waals surface area contributed by atoms with Crippen LogP contribution in [-0.2, 0) is 9.47 Å². The molecule has 3 aliphatic rings. The Balaban J connectivity index is 0.00000192. The number of rotatable bonds is 4. The summed E-state index contributed by atoms with van der Waals surface area (Å²) in [6.07, 6.45) is 3.81. The van der Waals surface area contributed by atoms with Crippen LogP contribution in [0.3, 0.4) is 0 Å². The summed E-state index contributed by atoms with van der Waals surface area (Å²) < 4.78 is 11.7. The Labute approximate surface area is 157 Å². The van der Waals surface area contributed by atoms with Gasteiger partial charge in [0.1, 0.15) is 0 Å². The van der Waals surface area contributed by atoms with Crippen LogP contribution in [0, 0.1) is 11.3 Å². The molecule has 0 amide bonds. The predicted molar refractivity (Wildman–Crippen MR) is 104 cm³/mol.